The summed E-state index contributed by atoms with van der Waals surface area (Å²) in [4.78, 5) is 28.9. The fourth-order valence-corrected chi connectivity index (χ4v) is 4.11. The molecule has 2 aliphatic heterocycles. The van der Waals surface area contributed by atoms with Gasteiger partial charge in [0.25, 0.3) is 0 Å². The molecule has 0 saturated carbocycles. The van der Waals surface area contributed by atoms with Crippen LogP contribution in [-0.4, -0.2) is 84.1 Å². The summed E-state index contributed by atoms with van der Waals surface area (Å²) in [6, 6.07) is 0. The standard InChI is InChI=1S/C17H32N4O4/c1-14(2)9-18(12(22)16(5,6)20(14)24)11-19-10-15(3,4)21(25)17(7,8)13(19)23/h24-25H,9-11H2,1-8H3. The van der Waals surface area contributed by atoms with Crippen molar-refractivity contribution in [1.82, 2.24) is 19.9 Å². The van der Waals surface area contributed by atoms with Gasteiger partial charge in [0.2, 0.25) is 11.8 Å². The first kappa shape index (κ1) is 20.1. The number of rotatable bonds is 2. The van der Waals surface area contributed by atoms with Gasteiger partial charge in [0, 0.05) is 13.1 Å². The third-order valence-corrected chi connectivity index (χ3v) is 5.32. The summed E-state index contributed by atoms with van der Waals surface area (Å²) in [5.74, 6) is -0.465. The molecule has 2 saturated heterocycles. The maximum absolute atomic E-state index is 12.8. The predicted octanol–water partition coefficient (Wildman–Crippen LogP) is 1.13. The summed E-state index contributed by atoms with van der Waals surface area (Å²) in [6.07, 6.45) is 0. The molecule has 144 valence electrons. The van der Waals surface area contributed by atoms with Crippen molar-refractivity contribution in [2.75, 3.05) is 19.8 Å². The Morgan fingerprint density at radius 1 is 0.720 bits per heavy atom. The van der Waals surface area contributed by atoms with Gasteiger partial charge in [-0.05, 0) is 55.4 Å². The molecule has 0 radical (unpaired) electrons. The van der Waals surface area contributed by atoms with E-state index in [0.717, 1.165) is 10.1 Å². The van der Waals surface area contributed by atoms with Crippen LogP contribution >= 0.6 is 0 Å². The van der Waals surface area contributed by atoms with Gasteiger partial charge in [-0.25, -0.2) is 0 Å². The molecular formula is C17H32N4O4. The lowest BCUT2D eigenvalue weighted by atomic mass is 9.88. The maximum atomic E-state index is 12.8. The predicted molar refractivity (Wildman–Crippen MR) is 91.9 cm³/mol. The van der Waals surface area contributed by atoms with Crippen molar-refractivity contribution < 1.29 is 20.0 Å². The van der Waals surface area contributed by atoms with Gasteiger partial charge >= 0.3 is 0 Å². The Labute approximate surface area is 149 Å². The molecular weight excluding hydrogens is 324 g/mol. The molecule has 0 aliphatic carbocycles. The van der Waals surface area contributed by atoms with E-state index in [1.54, 1.807) is 37.5 Å². The Morgan fingerprint density at radius 2 is 1.00 bits per heavy atom. The van der Waals surface area contributed by atoms with E-state index in [1.807, 2.05) is 27.7 Å². The second-order valence-corrected chi connectivity index (χ2v) is 9.51. The van der Waals surface area contributed by atoms with Crippen molar-refractivity contribution in [3.05, 3.63) is 0 Å². The first-order valence-corrected chi connectivity index (χ1v) is 8.62. The third-order valence-electron chi connectivity index (χ3n) is 5.32. The highest BCUT2D eigenvalue weighted by Gasteiger charge is 2.54. The van der Waals surface area contributed by atoms with Gasteiger partial charge in [-0.3, -0.25) is 9.59 Å². The van der Waals surface area contributed by atoms with E-state index < -0.39 is 22.2 Å². The van der Waals surface area contributed by atoms with E-state index in [-0.39, 0.29) is 18.5 Å². The first-order valence-electron chi connectivity index (χ1n) is 8.62. The summed E-state index contributed by atoms with van der Waals surface area (Å²) in [7, 11) is 0. The van der Waals surface area contributed by atoms with Crippen molar-refractivity contribution in [2.24, 2.45) is 0 Å². The lowest BCUT2D eigenvalue weighted by Crippen LogP contribution is -2.74. The summed E-state index contributed by atoms with van der Waals surface area (Å²) < 4.78 is 0. The molecule has 0 unspecified atom stereocenters. The molecule has 0 aromatic heterocycles. The number of amides is 2. The zero-order valence-electron chi connectivity index (χ0n) is 16.6. The average Bonchev–Trinajstić information content (AvgIpc) is 2.47. The van der Waals surface area contributed by atoms with Gasteiger partial charge in [0.05, 0.1) is 17.7 Å². The minimum atomic E-state index is -1.07. The van der Waals surface area contributed by atoms with Crippen LogP contribution in [0.15, 0.2) is 0 Å². The Bertz CT molecular complexity index is 535. The Morgan fingerprint density at radius 3 is 1.28 bits per heavy atom. The van der Waals surface area contributed by atoms with Gasteiger partial charge in [0.1, 0.15) is 11.1 Å². The quantitative estimate of drug-likeness (QED) is 0.771. The molecule has 0 spiro atoms. The molecule has 25 heavy (non-hydrogen) atoms. The Balaban J connectivity index is 2.29. The van der Waals surface area contributed by atoms with E-state index in [1.165, 1.54) is 0 Å². The van der Waals surface area contributed by atoms with Crippen LogP contribution in [0.5, 0.6) is 0 Å². The molecule has 0 aromatic carbocycles. The highest BCUT2D eigenvalue weighted by Crippen LogP contribution is 2.34. The van der Waals surface area contributed by atoms with E-state index in [0.29, 0.717) is 13.1 Å². The lowest BCUT2D eigenvalue weighted by Gasteiger charge is -2.55. The summed E-state index contributed by atoms with van der Waals surface area (Å²) in [5.41, 5.74) is -3.42. The molecule has 0 bridgehead atoms. The Hall–Kier alpha value is -1.22. The van der Waals surface area contributed by atoms with Crippen molar-refractivity contribution >= 4 is 11.8 Å². The van der Waals surface area contributed by atoms with Gasteiger partial charge < -0.3 is 20.2 Å². The number of hydrogen-bond acceptors (Lipinski definition) is 6. The van der Waals surface area contributed by atoms with E-state index >= 15 is 0 Å². The number of nitrogens with zero attached hydrogens (tertiary/aromatic N) is 4. The molecule has 2 heterocycles. The second-order valence-electron chi connectivity index (χ2n) is 9.51. The van der Waals surface area contributed by atoms with Gasteiger partial charge in [-0.15, -0.1) is 0 Å². The topological polar surface area (TPSA) is 87.6 Å². The molecule has 8 heteroatoms. The van der Waals surface area contributed by atoms with Crippen LogP contribution in [0.3, 0.4) is 0 Å². The van der Waals surface area contributed by atoms with E-state index in [9.17, 15) is 20.0 Å². The zero-order chi connectivity index (χ0) is 19.6. The molecule has 2 N–H and O–H groups in total. The van der Waals surface area contributed by atoms with Crippen LogP contribution in [0, 0.1) is 0 Å². The molecule has 2 aliphatic rings. The number of carbonyl (C=O) groups is 2. The van der Waals surface area contributed by atoms with Crippen LogP contribution in [-0.2, 0) is 9.59 Å². The lowest BCUT2D eigenvalue weighted by molar-refractivity contribution is -0.258. The number of hydroxylamine groups is 4. The second kappa shape index (κ2) is 5.64. The van der Waals surface area contributed by atoms with Crippen LogP contribution in [0.1, 0.15) is 55.4 Å². The van der Waals surface area contributed by atoms with Crippen LogP contribution in [0.4, 0.5) is 0 Å². The number of hydrogen-bond donors (Lipinski definition) is 2. The third kappa shape index (κ3) is 3.05. The van der Waals surface area contributed by atoms with Crippen molar-refractivity contribution in [1.29, 1.82) is 0 Å². The molecule has 0 aromatic rings. The van der Waals surface area contributed by atoms with Gasteiger partial charge in [-0.2, -0.15) is 10.1 Å². The molecule has 8 nitrogen and oxygen atoms in total. The molecule has 2 amide bonds. The highest BCUT2D eigenvalue weighted by molar-refractivity contribution is 5.89. The van der Waals surface area contributed by atoms with Crippen molar-refractivity contribution in [3.63, 3.8) is 0 Å². The van der Waals surface area contributed by atoms with E-state index in [4.69, 9.17) is 0 Å². The van der Waals surface area contributed by atoms with Gasteiger partial charge in [0.15, 0.2) is 0 Å². The monoisotopic (exact) mass is 356 g/mol. The van der Waals surface area contributed by atoms with Crippen LogP contribution in [0.2, 0.25) is 0 Å². The smallest absolute Gasteiger partial charge is 0.246 e. The van der Waals surface area contributed by atoms with Crippen molar-refractivity contribution in [3.8, 4) is 0 Å². The largest absolute Gasteiger partial charge is 0.321 e. The fraction of sp³-hybridized carbons (Fsp3) is 0.882. The van der Waals surface area contributed by atoms with Gasteiger partial charge in [-0.1, -0.05) is 0 Å². The van der Waals surface area contributed by atoms with Crippen molar-refractivity contribution in [2.45, 2.75) is 77.5 Å². The average molecular weight is 356 g/mol. The highest BCUT2D eigenvalue weighted by atomic mass is 16.5. The maximum Gasteiger partial charge on any atom is 0.246 e. The normalized spacial score (nSPS) is 29.2. The van der Waals surface area contributed by atoms with E-state index in [2.05, 4.69) is 0 Å². The number of carbonyl (C=O) groups excluding carboxylic acids is 2. The summed E-state index contributed by atoms with van der Waals surface area (Å²) >= 11 is 0. The van der Waals surface area contributed by atoms with Crippen LogP contribution < -0.4 is 0 Å². The molecule has 2 fully saturated rings. The minimum Gasteiger partial charge on any atom is -0.321 e. The number of piperazine rings is 2. The molecule has 0 atom stereocenters. The minimum absolute atomic E-state index is 0.138. The first-order chi connectivity index (χ1) is 11.0. The SMILES string of the molecule is CC1(C)CN(CN2CC(C)(C)N(O)C(C)(C)C2=O)C(=O)C(C)(C)N1O. The Kier molecular flexibility index (Phi) is 4.53. The zero-order valence-corrected chi connectivity index (χ0v) is 16.6. The fourth-order valence-electron chi connectivity index (χ4n) is 4.11. The molecule has 2 rings (SSSR count). The summed E-state index contributed by atoms with van der Waals surface area (Å²) in [5, 5.41) is 22.9. The summed E-state index contributed by atoms with van der Waals surface area (Å²) in [6.45, 7) is 14.9. The van der Waals surface area contributed by atoms with Crippen LogP contribution in [0.25, 0.3) is 0 Å².